The van der Waals surface area contributed by atoms with Gasteiger partial charge in [0.15, 0.2) is 0 Å². The van der Waals surface area contributed by atoms with Crippen molar-refractivity contribution in [2.75, 3.05) is 5.75 Å². The van der Waals surface area contributed by atoms with Crippen LogP contribution in [-0.4, -0.2) is 32.9 Å². The van der Waals surface area contributed by atoms with E-state index in [9.17, 15) is 4.79 Å². The molecule has 1 amide bonds. The van der Waals surface area contributed by atoms with Crippen LogP contribution in [0.15, 0.2) is 47.6 Å². The fraction of sp³-hybridized carbons (Fsp3) is 0.214. The fourth-order valence-electron chi connectivity index (χ4n) is 1.93. The van der Waals surface area contributed by atoms with Gasteiger partial charge in [-0.05, 0) is 6.07 Å². The lowest BCUT2D eigenvalue weighted by Crippen LogP contribution is -2.33. The molecular weight excluding hydrogens is 272 g/mol. The van der Waals surface area contributed by atoms with E-state index in [0.717, 1.165) is 16.3 Å². The Hall–Kier alpha value is -2.08. The smallest absolute Gasteiger partial charge is 0.246 e. The van der Waals surface area contributed by atoms with Gasteiger partial charge in [0.05, 0.1) is 17.3 Å². The highest BCUT2D eigenvalue weighted by Gasteiger charge is 2.25. The van der Waals surface area contributed by atoms with E-state index >= 15 is 0 Å². The van der Waals surface area contributed by atoms with Gasteiger partial charge in [-0.25, -0.2) is 0 Å². The average Bonchev–Trinajstić information content (AvgIpc) is 3.17. The van der Waals surface area contributed by atoms with Crippen LogP contribution in [0.1, 0.15) is 11.3 Å². The lowest BCUT2D eigenvalue weighted by Gasteiger charge is -2.06. The van der Waals surface area contributed by atoms with E-state index in [0.29, 0.717) is 12.3 Å². The Balaban J connectivity index is 1.61. The molecule has 5 nitrogen and oxygen atoms in total. The van der Waals surface area contributed by atoms with E-state index in [1.165, 1.54) is 0 Å². The molecule has 0 radical (unpaired) electrons. The van der Waals surface area contributed by atoms with Gasteiger partial charge in [-0.2, -0.15) is 5.10 Å². The molecule has 1 aromatic carbocycles. The van der Waals surface area contributed by atoms with Gasteiger partial charge >= 0.3 is 0 Å². The second-order valence-corrected chi connectivity index (χ2v) is 5.44. The first-order chi connectivity index (χ1) is 9.83. The molecule has 102 valence electrons. The molecule has 1 aliphatic heterocycles. The molecule has 0 saturated heterocycles. The van der Waals surface area contributed by atoms with Gasteiger partial charge in [0.25, 0.3) is 0 Å². The number of thioether (sulfide) groups is 1. The summed E-state index contributed by atoms with van der Waals surface area (Å²) >= 11 is 1.62. The molecule has 0 bridgehead atoms. The van der Waals surface area contributed by atoms with Crippen LogP contribution in [-0.2, 0) is 11.3 Å². The van der Waals surface area contributed by atoms with Crippen LogP contribution in [0, 0.1) is 0 Å². The third-order valence-electron chi connectivity index (χ3n) is 2.99. The Morgan fingerprint density at radius 3 is 2.95 bits per heavy atom. The molecule has 0 fully saturated rings. The summed E-state index contributed by atoms with van der Waals surface area (Å²) in [6.07, 6.45) is 1.67. The summed E-state index contributed by atoms with van der Waals surface area (Å²) in [5.41, 5.74) is 1.96. The highest BCUT2D eigenvalue weighted by molar-refractivity contribution is 8.14. The van der Waals surface area contributed by atoms with Crippen molar-refractivity contribution >= 4 is 22.7 Å². The summed E-state index contributed by atoms with van der Waals surface area (Å²) in [6.45, 7) is 0.455. The summed E-state index contributed by atoms with van der Waals surface area (Å²) in [7, 11) is 0. The minimum atomic E-state index is -0.307. The van der Waals surface area contributed by atoms with Crippen LogP contribution in [0.4, 0.5) is 0 Å². The number of nitrogens with one attached hydrogen (secondary N) is 2. The first-order valence-electron chi connectivity index (χ1n) is 6.35. The SMILES string of the molecule is O=C(NCc1ccn[nH]1)C1CSC(c2ccccc2)=N1. The van der Waals surface area contributed by atoms with Gasteiger partial charge in [0.1, 0.15) is 6.04 Å². The van der Waals surface area contributed by atoms with Gasteiger partial charge in [0, 0.05) is 17.5 Å². The molecule has 1 unspecified atom stereocenters. The Kier molecular flexibility index (Phi) is 3.83. The number of rotatable bonds is 4. The zero-order valence-electron chi connectivity index (χ0n) is 10.7. The number of carbonyl (C=O) groups is 1. The minimum Gasteiger partial charge on any atom is -0.349 e. The summed E-state index contributed by atoms with van der Waals surface area (Å²) in [4.78, 5) is 16.6. The van der Waals surface area contributed by atoms with Crippen LogP contribution in [0.3, 0.4) is 0 Å². The maximum atomic E-state index is 12.1. The normalized spacial score (nSPS) is 17.8. The van der Waals surface area contributed by atoms with Gasteiger partial charge in [-0.1, -0.05) is 30.3 Å². The van der Waals surface area contributed by atoms with Gasteiger partial charge in [-0.15, -0.1) is 11.8 Å². The summed E-state index contributed by atoms with van der Waals surface area (Å²) in [5, 5.41) is 10.5. The van der Waals surface area contributed by atoms with Crippen molar-refractivity contribution in [1.82, 2.24) is 15.5 Å². The number of amides is 1. The number of aromatic amines is 1. The molecule has 6 heteroatoms. The van der Waals surface area contributed by atoms with E-state index in [4.69, 9.17) is 0 Å². The fourth-order valence-corrected chi connectivity index (χ4v) is 2.98. The topological polar surface area (TPSA) is 70.1 Å². The first kappa shape index (κ1) is 12.9. The Morgan fingerprint density at radius 1 is 1.35 bits per heavy atom. The number of aromatic nitrogens is 2. The number of benzene rings is 1. The van der Waals surface area contributed by atoms with Crippen molar-refractivity contribution in [2.45, 2.75) is 12.6 Å². The summed E-state index contributed by atoms with van der Waals surface area (Å²) < 4.78 is 0. The van der Waals surface area contributed by atoms with Crippen LogP contribution in [0.2, 0.25) is 0 Å². The highest BCUT2D eigenvalue weighted by atomic mass is 32.2. The number of nitrogens with zero attached hydrogens (tertiary/aromatic N) is 2. The van der Waals surface area contributed by atoms with Gasteiger partial charge in [-0.3, -0.25) is 14.9 Å². The third-order valence-corrected chi connectivity index (χ3v) is 4.08. The number of hydrogen-bond donors (Lipinski definition) is 2. The number of H-pyrrole nitrogens is 1. The summed E-state index contributed by atoms with van der Waals surface area (Å²) in [6, 6.07) is 11.5. The number of aliphatic imine (C=N–C) groups is 1. The Labute approximate surface area is 120 Å². The molecule has 0 spiro atoms. The number of carbonyl (C=O) groups excluding carboxylic acids is 1. The molecule has 3 rings (SSSR count). The molecule has 0 aliphatic carbocycles. The maximum Gasteiger partial charge on any atom is 0.246 e. The predicted molar refractivity (Wildman–Crippen MR) is 79.7 cm³/mol. The Morgan fingerprint density at radius 2 is 2.20 bits per heavy atom. The van der Waals surface area contributed by atoms with Crippen LogP contribution < -0.4 is 5.32 Å². The van der Waals surface area contributed by atoms with E-state index in [-0.39, 0.29) is 11.9 Å². The zero-order valence-corrected chi connectivity index (χ0v) is 11.6. The molecule has 2 N–H and O–H groups in total. The molecule has 1 atom stereocenters. The first-order valence-corrected chi connectivity index (χ1v) is 7.33. The zero-order chi connectivity index (χ0) is 13.8. The quantitative estimate of drug-likeness (QED) is 0.896. The molecule has 20 heavy (non-hydrogen) atoms. The standard InChI is InChI=1S/C14H14N4OS/c19-13(15-8-11-6-7-16-18-11)12-9-20-14(17-12)10-4-2-1-3-5-10/h1-7,12H,8-9H2,(H,15,19)(H,16,18). The van der Waals surface area contributed by atoms with Crippen molar-refractivity contribution in [3.63, 3.8) is 0 Å². The van der Waals surface area contributed by atoms with Crippen molar-refractivity contribution in [1.29, 1.82) is 0 Å². The van der Waals surface area contributed by atoms with E-state index < -0.39 is 0 Å². The van der Waals surface area contributed by atoms with Crippen LogP contribution in [0.5, 0.6) is 0 Å². The highest BCUT2D eigenvalue weighted by Crippen LogP contribution is 2.23. The molecule has 0 saturated carbocycles. The minimum absolute atomic E-state index is 0.0435. The van der Waals surface area contributed by atoms with E-state index in [2.05, 4.69) is 20.5 Å². The largest absolute Gasteiger partial charge is 0.349 e. The summed E-state index contributed by atoms with van der Waals surface area (Å²) in [5.74, 6) is 0.650. The maximum absolute atomic E-state index is 12.1. The molecule has 2 heterocycles. The van der Waals surface area contributed by atoms with Crippen LogP contribution in [0.25, 0.3) is 0 Å². The lowest BCUT2D eigenvalue weighted by molar-refractivity contribution is -0.121. The molecule has 2 aromatic rings. The van der Waals surface area contributed by atoms with Gasteiger partial charge < -0.3 is 5.32 Å². The van der Waals surface area contributed by atoms with Crippen molar-refractivity contribution in [3.8, 4) is 0 Å². The molecular formula is C14H14N4OS. The Bertz CT molecular complexity index is 609. The molecule has 1 aliphatic rings. The predicted octanol–water partition coefficient (Wildman–Crippen LogP) is 1.59. The van der Waals surface area contributed by atoms with Gasteiger partial charge in [0.2, 0.25) is 5.91 Å². The van der Waals surface area contributed by atoms with Crippen molar-refractivity contribution in [3.05, 3.63) is 53.9 Å². The van der Waals surface area contributed by atoms with Crippen LogP contribution >= 0.6 is 11.8 Å². The van der Waals surface area contributed by atoms with E-state index in [1.54, 1.807) is 18.0 Å². The molecule has 1 aromatic heterocycles. The monoisotopic (exact) mass is 286 g/mol. The van der Waals surface area contributed by atoms with Crippen molar-refractivity contribution in [2.24, 2.45) is 4.99 Å². The van der Waals surface area contributed by atoms with E-state index in [1.807, 2.05) is 36.4 Å². The number of hydrogen-bond acceptors (Lipinski definition) is 4. The second-order valence-electron chi connectivity index (χ2n) is 4.43. The average molecular weight is 286 g/mol. The lowest BCUT2D eigenvalue weighted by atomic mass is 10.2. The third kappa shape index (κ3) is 2.91. The second kappa shape index (κ2) is 5.92. The van der Waals surface area contributed by atoms with Crippen molar-refractivity contribution < 1.29 is 4.79 Å².